The highest BCUT2D eigenvalue weighted by Gasteiger charge is 2.49. The first-order chi connectivity index (χ1) is 11.3. The molecule has 3 N–H and O–H groups in total. The quantitative estimate of drug-likeness (QED) is 0.809. The minimum absolute atomic E-state index is 0.161. The third kappa shape index (κ3) is 2.63. The predicted octanol–water partition coefficient (Wildman–Crippen LogP) is 2.00. The number of aromatic amines is 1. The Labute approximate surface area is 136 Å². The van der Waals surface area contributed by atoms with Gasteiger partial charge in [0.2, 0.25) is 5.91 Å². The molecule has 23 heavy (non-hydrogen) atoms. The number of nitrogens with one attached hydrogen (secondary N) is 3. The van der Waals surface area contributed by atoms with Crippen LogP contribution in [-0.2, 0) is 11.2 Å². The summed E-state index contributed by atoms with van der Waals surface area (Å²) in [6.07, 6.45) is 5.40. The number of hydrogen-bond acceptors (Lipinski definition) is 3. The number of aromatic nitrogens is 2. The van der Waals surface area contributed by atoms with Crippen LogP contribution in [-0.4, -0.2) is 35.5 Å². The number of hydrogen-bond donors (Lipinski definition) is 3. The van der Waals surface area contributed by atoms with Crippen molar-refractivity contribution >= 4 is 16.9 Å². The number of rotatable bonds is 4. The molecule has 5 nitrogen and oxygen atoms in total. The lowest BCUT2D eigenvalue weighted by Gasteiger charge is -2.37. The van der Waals surface area contributed by atoms with Gasteiger partial charge in [-0.05, 0) is 37.4 Å². The van der Waals surface area contributed by atoms with E-state index in [0.717, 1.165) is 42.8 Å². The van der Waals surface area contributed by atoms with Gasteiger partial charge in [0.15, 0.2) is 0 Å². The summed E-state index contributed by atoms with van der Waals surface area (Å²) in [6.45, 7) is 2.48. The molecule has 4 rings (SSSR count). The monoisotopic (exact) mass is 312 g/mol. The number of benzene rings is 1. The number of carbonyl (C=O) groups is 1. The van der Waals surface area contributed by atoms with Crippen molar-refractivity contribution in [2.45, 2.75) is 32.1 Å². The van der Waals surface area contributed by atoms with E-state index in [1.165, 1.54) is 19.3 Å². The lowest BCUT2D eigenvalue weighted by atomic mass is 9.67. The molecular weight excluding hydrogens is 288 g/mol. The van der Waals surface area contributed by atoms with E-state index in [-0.39, 0.29) is 11.3 Å². The van der Waals surface area contributed by atoms with Gasteiger partial charge in [0.05, 0.1) is 16.4 Å². The molecular formula is C18H24N4O. The highest BCUT2D eigenvalue weighted by molar-refractivity contribution is 5.84. The fourth-order valence-electron chi connectivity index (χ4n) is 4.28. The molecule has 0 bridgehead atoms. The molecule has 0 radical (unpaired) electrons. The fraction of sp³-hybridized carbons (Fsp3) is 0.556. The summed E-state index contributed by atoms with van der Waals surface area (Å²) in [7, 11) is 0. The maximum absolute atomic E-state index is 12.8. The van der Waals surface area contributed by atoms with E-state index in [1.807, 2.05) is 24.3 Å². The summed E-state index contributed by atoms with van der Waals surface area (Å²) < 4.78 is 0. The Morgan fingerprint density at radius 2 is 2.26 bits per heavy atom. The molecule has 2 heterocycles. The van der Waals surface area contributed by atoms with Crippen LogP contribution in [0.5, 0.6) is 0 Å². The number of amides is 1. The molecule has 0 unspecified atom stereocenters. The van der Waals surface area contributed by atoms with Crippen molar-refractivity contribution in [2.75, 3.05) is 19.6 Å². The summed E-state index contributed by atoms with van der Waals surface area (Å²) in [4.78, 5) is 20.7. The second kappa shape index (κ2) is 5.96. The average Bonchev–Trinajstić information content (AvgIpc) is 3.18. The highest BCUT2D eigenvalue weighted by atomic mass is 16.2. The molecule has 2 aliphatic rings. The molecule has 1 aliphatic heterocycles. The van der Waals surface area contributed by atoms with Gasteiger partial charge in [0.1, 0.15) is 5.82 Å². The lowest BCUT2D eigenvalue weighted by molar-refractivity contribution is -0.133. The number of nitrogens with zero attached hydrogens (tertiary/aromatic N) is 1. The Hall–Kier alpha value is -1.88. The third-order valence-electron chi connectivity index (χ3n) is 5.58. The van der Waals surface area contributed by atoms with E-state index in [0.29, 0.717) is 12.5 Å². The molecule has 2 atom stereocenters. The number of imidazole rings is 1. The zero-order valence-electron chi connectivity index (χ0n) is 13.4. The second-order valence-electron chi connectivity index (χ2n) is 6.94. The summed E-state index contributed by atoms with van der Waals surface area (Å²) in [5, 5.41) is 6.60. The molecule has 1 amide bonds. The smallest absolute Gasteiger partial charge is 0.227 e. The third-order valence-corrected chi connectivity index (χ3v) is 5.58. The zero-order chi connectivity index (χ0) is 15.7. The van der Waals surface area contributed by atoms with Gasteiger partial charge < -0.3 is 15.6 Å². The van der Waals surface area contributed by atoms with Crippen LogP contribution >= 0.6 is 0 Å². The molecule has 2 fully saturated rings. The maximum atomic E-state index is 12.8. The molecule has 0 spiro atoms. The van der Waals surface area contributed by atoms with Gasteiger partial charge in [-0.15, -0.1) is 0 Å². The van der Waals surface area contributed by atoms with Crippen LogP contribution in [0, 0.1) is 11.3 Å². The van der Waals surface area contributed by atoms with Crippen LogP contribution in [0.15, 0.2) is 24.3 Å². The molecule has 1 saturated carbocycles. The van der Waals surface area contributed by atoms with Crippen LogP contribution in [0.25, 0.3) is 11.0 Å². The minimum Gasteiger partial charge on any atom is -0.355 e. The Balaban J connectivity index is 1.38. The van der Waals surface area contributed by atoms with E-state index >= 15 is 0 Å². The minimum atomic E-state index is -0.161. The fourth-order valence-corrected chi connectivity index (χ4v) is 4.28. The second-order valence-corrected chi connectivity index (χ2v) is 6.94. The number of carbonyl (C=O) groups excluding carboxylic acids is 1. The first kappa shape index (κ1) is 14.7. The predicted molar refractivity (Wildman–Crippen MR) is 90.1 cm³/mol. The van der Waals surface area contributed by atoms with Crippen molar-refractivity contribution in [1.29, 1.82) is 0 Å². The van der Waals surface area contributed by atoms with Gasteiger partial charge in [-0.3, -0.25) is 4.79 Å². The van der Waals surface area contributed by atoms with E-state index in [4.69, 9.17) is 0 Å². The Kier molecular flexibility index (Phi) is 3.81. The molecule has 1 aromatic carbocycles. The Morgan fingerprint density at radius 1 is 1.35 bits per heavy atom. The first-order valence-corrected chi connectivity index (χ1v) is 8.71. The van der Waals surface area contributed by atoms with Crippen LogP contribution in [0.2, 0.25) is 0 Å². The van der Waals surface area contributed by atoms with Crippen molar-refractivity contribution in [3.63, 3.8) is 0 Å². The van der Waals surface area contributed by atoms with Crippen LogP contribution < -0.4 is 10.6 Å². The van der Waals surface area contributed by atoms with E-state index in [1.54, 1.807) is 0 Å². The summed E-state index contributed by atoms with van der Waals surface area (Å²) >= 11 is 0. The van der Waals surface area contributed by atoms with Crippen molar-refractivity contribution in [3.8, 4) is 0 Å². The number of fused-ring (bicyclic) bond motifs is 2. The van der Waals surface area contributed by atoms with Crippen LogP contribution in [0.3, 0.4) is 0 Å². The largest absolute Gasteiger partial charge is 0.355 e. The lowest BCUT2D eigenvalue weighted by Crippen LogP contribution is -2.48. The zero-order valence-corrected chi connectivity index (χ0v) is 13.4. The van der Waals surface area contributed by atoms with Crippen molar-refractivity contribution in [3.05, 3.63) is 30.1 Å². The maximum Gasteiger partial charge on any atom is 0.227 e. The van der Waals surface area contributed by atoms with Crippen molar-refractivity contribution in [2.24, 2.45) is 11.3 Å². The first-order valence-electron chi connectivity index (χ1n) is 8.71. The standard InChI is InChI=1S/C18H24N4O/c23-17(18-9-4-3-5-13(18)11-19-12-18)20-10-8-16-21-14-6-1-2-7-15(14)22-16/h1-2,6-7,13,19H,3-5,8-12H2,(H,20,23)(H,21,22)/t13-,18+/m0/s1. The van der Waals surface area contributed by atoms with Gasteiger partial charge in [-0.25, -0.2) is 4.98 Å². The molecule has 2 aromatic rings. The van der Waals surface area contributed by atoms with Gasteiger partial charge in [0.25, 0.3) is 0 Å². The van der Waals surface area contributed by atoms with Crippen LogP contribution in [0.1, 0.15) is 31.5 Å². The molecule has 1 aliphatic carbocycles. The molecule has 122 valence electrons. The number of H-pyrrole nitrogens is 1. The molecule has 1 aromatic heterocycles. The Bertz CT molecular complexity index is 677. The molecule has 5 heteroatoms. The van der Waals surface area contributed by atoms with Gasteiger partial charge >= 0.3 is 0 Å². The highest BCUT2D eigenvalue weighted by Crippen LogP contribution is 2.43. The van der Waals surface area contributed by atoms with Gasteiger partial charge in [-0.1, -0.05) is 25.0 Å². The van der Waals surface area contributed by atoms with Gasteiger partial charge in [-0.2, -0.15) is 0 Å². The van der Waals surface area contributed by atoms with Crippen molar-refractivity contribution in [1.82, 2.24) is 20.6 Å². The van der Waals surface area contributed by atoms with E-state index < -0.39 is 0 Å². The van der Waals surface area contributed by atoms with E-state index in [9.17, 15) is 4.79 Å². The summed E-state index contributed by atoms with van der Waals surface area (Å²) in [5.41, 5.74) is 1.88. The van der Waals surface area contributed by atoms with Gasteiger partial charge in [0, 0.05) is 19.5 Å². The SMILES string of the molecule is O=C(NCCc1nc2ccccc2[nH]1)[C@@]12CCCC[C@H]1CNC2. The van der Waals surface area contributed by atoms with E-state index in [2.05, 4.69) is 20.6 Å². The summed E-state index contributed by atoms with van der Waals surface area (Å²) in [5.74, 6) is 1.69. The Morgan fingerprint density at radius 3 is 3.17 bits per heavy atom. The van der Waals surface area contributed by atoms with Crippen molar-refractivity contribution < 1.29 is 4.79 Å². The molecule has 1 saturated heterocycles. The normalized spacial score (nSPS) is 27.0. The number of para-hydroxylation sites is 2. The van der Waals surface area contributed by atoms with Crippen LogP contribution in [0.4, 0.5) is 0 Å². The topological polar surface area (TPSA) is 69.8 Å². The average molecular weight is 312 g/mol. The summed E-state index contributed by atoms with van der Waals surface area (Å²) in [6, 6.07) is 8.02.